The van der Waals surface area contributed by atoms with E-state index < -0.39 is 6.10 Å². The van der Waals surface area contributed by atoms with Crippen LogP contribution in [0.1, 0.15) is 31.1 Å². The first-order valence-electron chi connectivity index (χ1n) is 6.12. The predicted octanol–water partition coefficient (Wildman–Crippen LogP) is 3.71. The second-order valence-corrected chi connectivity index (χ2v) is 5.40. The molecule has 100 valence electrons. The first kappa shape index (κ1) is 14.0. The van der Waals surface area contributed by atoms with Crippen molar-refractivity contribution >= 4 is 15.9 Å². The van der Waals surface area contributed by atoms with E-state index in [1.54, 1.807) is 12.4 Å². The maximum Gasteiger partial charge on any atom is 0.138 e. The molecule has 0 aliphatic carbocycles. The molecule has 0 aliphatic rings. The molecule has 0 aliphatic heterocycles. The van der Waals surface area contributed by atoms with E-state index in [2.05, 4.69) is 20.9 Å². The van der Waals surface area contributed by atoms with Crippen LogP contribution in [0.15, 0.2) is 47.2 Å². The van der Waals surface area contributed by atoms with Gasteiger partial charge in [0.15, 0.2) is 0 Å². The Morgan fingerprint density at radius 1 is 1.21 bits per heavy atom. The number of aliphatic hydroxyl groups is 1. The highest BCUT2D eigenvalue weighted by molar-refractivity contribution is 9.10. The van der Waals surface area contributed by atoms with Crippen LogP contribution in [-0.4, -0.2) is 16.2 Å². The lowest BCUT2D eigenvalue weighted by Gasteiger charge is -2.15. The normalized spacial score (nSPS) is 12.5. The van der Waals surface area contributed by atoms with Gasteiger partial charge in [-0.1, -0.05) is 34.1 Å². The number of hydrogen-bond acceptors (Lipinski definition) is 3. The summed E-state index contributed by atoms with van der Waals surface area (Å²) in [7, 11) is 0. The van der Waals surface area contributed by atoms with Crippen molar-refractivity contribution in [3.63, 3.8) is 0 Å². The van der Waals surface area contributed by atoms with Gasteiger partial charge in [-0.3, -0.25) is 4.98 Å². The molecule has 0 spiro atoms. The number of halogens is 1. The van der Waals surface area contributed by atoms with E-state index in [-0.39, 0.29) is 6.10 Å². The highest BCUT2D eigenvalue weighted by Gasteiger charge is 2.14. The molecule has 0 fully saturated rings. The molecule has 4 heteroatoms. The van der Waals surface area contributed by atoms with Crippen LogP contribution in [0.2, 0.25) is 0 Å². The van der Waals surface area contributed by atoms with Gasteiger partial charge in [0, 0.05) is 16.2 Å². The van der Waals surface area contributed by atoms with Gasteiger partial charge >= 0.3 is 0 Å². The minimum atomic E-state index is -0.723. The first-order chi connectivity index (χ1) is 9.08. The van der Waals surface area contributed by atoms with Crippen LogP contribution in [0.25, 0.3) is 0 Å². The summed E-state index contributed by atoms with van der Waals surface area (Å²) in [6.07, 6.45) is 2.66. The third-order valence-electron chi connectivity index (χ3n) is 2.62. The highest BCUT2D eigenvalue weighted by Crippen LogP contribution is 2.29. The monoisotopic (exact) mass is 321 g/mol. The summed E-state index contributed by atoms with van der Waals surface area (Å²) in [4.78, 5) is 4.11. The molecular formula is C15H16BrNO2. The van der Waals surface area contributed by atoms with Crippen molar-refractivity contribution in [1.29, 1.82) is 0 Å². The maximum atomic E-state index is 10.4. The van der Waals surface area contributed by atoms with Crippen molar-refractivity contribution in [2.45, 2.75) is 26.1 Å². The Morgan fingerprint density at radius 2 is 1.95 bits per heavy atom. The Balaban J connectivity index is 2.29. The number of hydrogen-bond donors (Lipinski definition) is 1. The topological polar surface area (TPSA) is 42.4 Å². The zero-order chi connectivity index (χ0) is 13.8. The van der Waals surface area contributed by atoms with Gasteiger partial charge in [-0.25, -0.2) is 0 Å². The molecular weight excluding hydrogens is 306 g/mol. The van der Waals surface area contributed by atoms with Gasteiger partial charge in [-0.15, -0.1) is 0 Å². The van der Waals surface area contributed by atoms with Crippen molar-refractivity contribution in [2.24, 2.45) is 0 Å². The quantitative estimate of drug-likeness (QED) is 0.933. The molecule has 1 aromatic heterocycles. The number of benzene rings is 1. The fourth-order valence-electron chi connectivity index (χ4n) is 1.80. The second kappa shape index (κ2) is 6.17. The Kier molecular flexibility index (Phi) is 4.56. The molecule has 0 saturated heterocycles. The van der Waals surface area contributed by atoms with E-state index >= 15 is 0 Å². The summed E-state index contributed by atoms with van der Waals surface area (Å²) in [6.45, 7) is 3.91. The molecule has 2 rings (SSSR count). The first-order valence-corrected chi connectivity index (χ1v) is 6.91. The minimum Gasteiger partial charge on any atom is -0.489 e. The molecule has 2 aromatic rings. The minimum absolute atomic E-state index is 0.0812. The number of pyridine rings is 1. The van der Waals surface area contributed by atoms with Crippen LogP contribution >= 0.6 is 15.9 Å². The number of nitrogens with zero attached hydrogens (tertiary/aromatic N) is 1. The summed E-state index contributed by atoms with van der Waals surface area (Å²) in [5.41, 5.74) is 1.52. The smallest absolute Gasteiger partial charge is 0.138 e. The summed E-state index contributed by atoms with van der Waals surface area (Å²) in [5.74, 6) is 0.665. The van der Waals surface area contributed by atoms with Crippen LogP contribution in [0.3, 0.4) is 0 Å². The fourth-order valence-corrected chi connectivity index (χ4v) is 2.30. The van der Waals surface area contributed by atoms with Crippen LogP contribution < -0.4 is 4.74 Å². The van der Waals surface area contributed by atoms with Crippen LogP contribution in [0.4, 0.5) is 0 Å². The largest absolute Gasteiger partial charge is 0.489 e. The highest BCUT2D eigenvalue weighted by atomic mass is 79.9. The number of rotatable bonds is 4. The van der Waals surface area contributed by atoms with Gasteiger partial charge in [0.2, 0.25) is 0 Å². The molecule has 1 aromatic carbocycles. The zero-order valence-electron chi connectivity index (χ0n) is 10.9. The van der Waals surface area contributed by atoms with E-state index in [9.17, 15) is 5.11 Å². The Labute approximate surface area is 121 Å². The van der Waals surface area contributed by atoms with Gasteiger partial charge in [-0.2, -0.15) is 0 Å². The molecule has 1 heterocycles. The molecule has 0 saturated carbocycles. The molecule has 0 radical (unpaired) electrons. The number of ether oxygens (including phenoxy) is 1. The molecule has 0 bridgehead atoms. The molecule has 1 atom stereocenters. The molecule has 3 nitrogen and oxygen atoms in total. The van der Waals surface area contributed by atoms with Gasteiger partial charge in [0.05, 0.1) is 12.3 Å². The average molecular weight is 322 g/mol. The molecule has 0 amide bonds. The van der Waals surface area contributed by atoms with E-state index in [0.717, 1.165) is 10.0 Å². The van der Waals surface area contributed by atoms with E-state index in [1.165, 1.54) is 0 Å². The lowest BCUT2D eigenvalue weighted by Crippen LogP contribution is -2.07. The SMILES string of the molecule is CC(C)Oc1cncc(C(O)c2ccccc2Br)c1. The van der Waals surface area contributed by atoms with Crippen molar-refractivity contribution < 1.29 is 9.84 Å². The van der Waals surface area contributed by atoms with E-state index in [4.69, 9.17) is 4.74 Å². The summed E-state index contributed by atoms with van der Waals surface area (Å²) >= 11 is 3.44. The molecule has 19 heavy (non-hydrogen) atoms. The third-order valence-corrected chi connectivity index (χ3v) is 3.34. The molecule has 1 N–H and O–H groups in total. The summed E-state index contributed by atoms with van der Waals surface area (Å²) < 4.78 is 6.46. The third kappa shape index (κ3) is 3.55. The van der Waals surface area contributed by atoms with Gasteiger partial charge in [-0.05, 0) is 31.5 Å². The number of aromatic nitrogens is 1. The van der Waals surface area contributed by atoms with Crippen molar-refractivity contribution in [3.05, 3.63) is 58.3 Å². The van der Waals surface area contributed by atoms with Gasteiger partial charge in [0.25, 0.3) is 0 Å². The van der Waals surface area contributed by atoms with Crippen LogP contribution in [0, 0.1) is 0 Å². The fraction of sp³-hybridized carbons (Fsp3) is 0.267. The molecule has 1 unspecified atom stereocenters. The standard InChI is InChI=1S/C15H16BrNO2/c1-10(2)19-12-7-11(8-17-9-12)15(18)13-5-3-4-6-14(13)16/h3-10,15,18H,1-2H3. The van der Waals surface area contributed by atoms with E-state index in [0.29, 0.717) is 11.3 Å². The number of aliphatic hydroxyl groups excluding tert-OH is 1. The van der Waals surface area contributed by atoms with E-state index in [1.807, 2.05) is 44.2 Å². The van der Waals surface area contributed by atoms with Crippen LogP contribution in [0.5, 0.6) is 5.75 Å². The Morgan fingerprint density at radius 3 is 2.63 bits per heavy atom. The summed E-state index contributed by atoms with van der Waals surface area (Å²) in [5, 5.41) is 10.4. The van der Waals surface area contributed by atoms with Crippen molar-refractivity contribution in [1.82, 2.24) is 4.98 Å². The van der Waals surface area contributed by atoms with Gasteiger partial charge < -0.3 is 9.84 Å². The van der Waals surface area contributed by atoms with Crippen molar-refractivity contribution in [2.75, 3.05) is 0 Å². The maximum absolute atomic E-state index is 10.4. The zero-order valence-corrected chi connectivity index (χ0v) is 12.5. The lowest BCUT2D eigenvalue weighted by molar-refractivity contribution is 0.215. The Bertz CT molecular complexity index is 557. The van der Waals surface area contributed by atoms with Crippen LogP contribution in [-0.2, 0) is 0 Å². The second-order valence-electron chi connectivity index (χ2n) is 4.54. The predicted molar refractivity (Wildman–Crippen MR) is 78.2 cm³/mol. The Hall–Kier alpha value is -1.39. The van der Waals surface area contributed by atoms with Crippen molar-refractivity contribution in [3.8, 4) is 5.75 Å². The summed E-state index contributed by atoms with van der Waals surface area (Å²) in [6, 6.07) is 9.41. The lowest BCUT2D eigenvalue weighted by atomic mass is 10.0. The van der Waals surface area contributed by atoms with Gasteiger partial charge in [0.1, 0.15) is 11.9 Å². The average Bonchev–Trinajstić information content (AvgIpc) is 2.38.